The molecule has 0 aromatic rings. The highest BCUT2D eigenvalue weighted by Gasteiger charge is 1.91. The molecule has 0 radical (unpaired) electrons. The van der Waals surface area contributed by atoms with Crippen molar-refractivity contribution in [2.24, 2.45) is 0 Å². The number of rotatable bonds is 6. The molecule has 0 saturated heterocycles. The Bertz CT molecular complexity index is 178. The van der Waals surface area contributed by atoms with Gasteiger partial charge in [-0.15, -0.1) is 0 Å². The molecule has 1 heteroatoms. The molecule has 0 aromatic heterocycles. The summed E-state index contributed by atoms with van der Waals surface area (Å²) in [5, 5.41) is 0.899. The topological polar surface area (TPSA) is 0 Å². The quantitative estimate of drug-likeness (QED) is 0.527. The maximum Gasteiger partial charge on any atom is 0.0365 e. The molecule has 0 saturated carbocycles. The van der Waals surface area contributed by atoms with Gasteiger partial charge in [0.15, 0.2) is 0 Å². The summed E-state index contributed by atoms with van der Waals surface area (Å²) in [5.74, 6) is 0. The average molecular weight is 201 g/mol. The van der Waals surface area contributed by atoms with Crippen LogP contribution >= 0.6 is 11.6 Å². The van der Waals surface area contributed by atoms with Gasteiger partial charge in [-0.3, -0.25) is 0 Å². The van der Waals surface area contributed by atoms with Gasteiger partial charge < -0.3 is 0 Å². The van der Waals surface area contributed by atoms with Gasteiger partial charge in [-0.2, -0.15) is 0 Å². The van der Waals surface area contributed by atoms with Gasteiger partial charge in [0.05, 0.1) is 0 Å². The lowest BCUT2D eigenvalue weighted by atomic mass is 10.1. The van der Waals surface area contributed by atoms with Crippen LogP contribution in [0, 0.1) is 0 Å². The third-order valence-electron chi connectivity index (χ3n) is 1.94. The Kier molecular flexibility index (Phi) is 8.22. The summed E-state index contributed by atoms with van der Waals surface area (Å²) < 4.78 is 0. The Morgan fingerprint density at radius 2 is 1.92 bits per heavy atom. The largest absolute Gasteiger partial charge is 0.0847 e. The summed E-state index contributed by atoms with van der Waals surface area (Å²) in [4.78, 5) is 0. The van der Waals surface area contributed by atoms with Crippen molar-refractivity contribution in [1.29, 1.82) is 0 Å². The Labute approximate surface area is 87.7 Å². The van der Waals surface area contributed by atoms with Crippen LogP contribution in [0.5, 0.6) is 0 Å². The van der Waals surface area contributed by atoms with E-state index in [0.717, 1.165) is 17.9 Å². The molecule has 0 fully saturated rings. The van der Waals surface area contributed by atoms with Gasteiger partial charge in [0, 0.05) is 5.03 Å². The van der Waals surface area contributed by atoms with Crippen molar-refractivity contribution in [2.75, 3.05) is 0 Å². The molecule has 0 aliphatic rings. The number of hydrogen-bond acceptors (Lipinski definition) is 0. The van der Waals surface area contributed by atoms with Gasteiger partial charge in [-0.1, -0.05) is 49.9 Å². The van der Waals surface area contributed by atoms with Crippen LogP contribution in [0.15, 0.2) is 22.8 Å². The van der Waals surface area contributed by atoms with Gasteiger partial charge in [0.1, 0.15) is 0 Å². The van der Waals surface area contributed by atoms with Crippen molar-refractivity contribution < 1.29 is 0 Å². The molecule has 0 aromatic carbocycles. The smallest absolute Gasteiger partial charge is 0.0365 e. The zero-order valence-corrected chi connectivity index (χ0v) is 9.82. The molecule has 0 amide bonds. The van der Waals surface area contributed by atoms with Crippen LogP contribution in [0.1, 0.15) is 52.9 Å². The lowest BCUT2D eigenvalue weighted by Crippen LogP contribution is -1.78. The molecule has 76 valence electrons. The van der Waals surface area contributed by atoms with Gasteiger partial charge in [0.2, 0.25) is 0 Å². The highest BCUT2D eigenvalue weighted by molar-refractivity contribution is 6.31. The van der Waals surface area contributed by atoms with Crippen LogP contribution in [-0.4, -0.2) is 0 Å². The first-order valence-corrected chi connectivity index (χ1v) is 5.61. The van der Waals surface area contributed by atoms with Crippen LogP contribution in [0.4, 0.5) is 0 Å². The molecular formula is C12H21Cl. The molecule has 13 heavy (non-hydrogen) atoms. The average Bonchev–Trinajstić information content (AvgIpc) is 2.11. The van der Waals surface area contributed by atoms with Crippen LogP contribution in [0.25, 0.3) is 0 Å². The highest BCUT2D eigenvalue weighted by Crippen LogP contribution is 2.13. The minimum absolute atomic E-state index is 0.899. The molecule has 0 N–H and O–H groups in total. The van der Waals surface area contributed by atoms with E-state index in [1.54, 1.807) is 0 Å². The minimum atomic E-state index is 0.899. The second-order valence-electron chi connectivity index (χ2n) is 3.47. The van der Waals surface area contributed by atoms with E-state index in [1.807, 2.05) is 0 Å². The normalized spacial score (nSPS) is 13.5. The van der Waals surface area contributed by atoms with Crippen LogP contribution < -0.4 is 0 Å². The highest BCUT2D eigenvalue weighted by atomic mass is 35.5. The maximum atomic E-state index is 6.02. The number of allylic oxidation sites excluding steroid dienone is 4. The van der Waals surface area contributed by atoms with E-state index in [2.05, 4.69) is 32.9 Å². The van der Waals surface area contributed by atoms with E-state index < -0.39 is 0 Å². The lowest BCUT2D eigenvalue weighted by Gasteiger charge is -1.98. The van der Waals surface area contributed by atoms with E-state index in [-0.39, 0.29) is 0 Å². The second kappa shape index (κ2) is 8.37. The first-order valence-electron chi connectivity index (χ1n) is 5.23. The summed E-state index contributed by atoms with van der Waals surface area (Å²) in [6.07, 6.45) is 10.1. The predicted octanol–water partition coefficient (Wildman–Crippen LogP) is 5.05. The monoisotopic (exact) mass is 200 g/mol. The summed E-state index contributed by atoms with van der Waals surface area (Å²) >= 11 is 6.02. The van der Waals surface area contributed by atoms with E-state index in [9.17, 15) is 0 Å². The van der Waals surface area contributed by atoms with Gasteiger partial charge in [-0.25, -0.2) is 0 Å². The van der Waals surface area contributed by atoms with Crippen molar-refractivity contribution >= 4 is 11.6 Å². The van der Waals surface area contributed by atoms with E-state index in [4.69, 9.17) is 11.6 Å². The molecule has 0 unspecified atom stereocenters. The van der Waals surface area contributed by atoms with Gasteiger partial charge in [0.25, 0.3) is 0 Å². The molecule has 0 heterocycles. The number of unbranched alkanes of at least 4 members (excludes halogenated alkanes) is 2. The molecule has 0 bridgehead atoms. The predicted molar refractivity (Wildman–Crippen MR) is 62.1 cm³/mol. The number of halogens is 1. The molecule has 0 aliphatic carbocycles. The van der Waals surface area contributed by atoms with Crippen molar-refractivity contribution in [3.63, 3.8) is 0 Å². The van der Waals surface area contributed by atoms with Crippen molar-refractivity contribution in [3.05, 3.63) is 22.8 Å². The first kappa shape index (κ1) is 12.8. The molecule has 0 atom stereocenters. The molecule has 0 nitrogen and oxygen atoms in total. The molecule has 0 aliphatic heterocycles. The summed E-state index contributed by atoms with van der Waals surface area (Å²) in [6.45, 7) is 6.52. The second-order valence-corrected chi connectivity index (χ2v) is 3.91. The number of hydrogen-bond donors (Lipinski definition) is 0. The van der Waals surface area contributed by atoms with E-state index in [0.29, 0.717) is 0 Å². The fraction of sp³-hybridized carbons (Fsp3) is 0.667. The third-order valence-corrected chi connectivity index (χ3v) is 2.20. The fourth-order valence-electron chi connectivity index (χ4n) is 1.10. The van der Waals surface area contributed by atoms with Crippen molar-refractivity contribution in [1.82, 2.24) is 0 Å². The lowest BCUT2D eigenvalue weighted by molar-refractivity contribution is 0.787. The Hall–Kier alpha value is -0.230. The van der Waals surface area contributed by atoms with E-state index in [1.165, 1.54) is 24.8 Å². The third kappa shape index (κ3) is 8.11. The summed E-state index contributed by atoms with van der Waals surface area (Å²) in [7, 11) is 0. The Morgan fingerprint density at radius 1 is 1.23 bits per heavy atom. The van der Waals surface area contributed by atoms with Gasteiger partial charge in [-0.05, 0) is 32.3 Å². The van der Waals surface area contributed by atoms with Crippen LogP contribution in [0.3, 0.4) is 0 Å². The summed E-state index contributed by atoms with van der Waals surface area (Å²) in [5.41, 5.74) is 1.39. The zero-order valence-electron chi connectivity index (χ0n) is 9.07. The fourth-order valence-corrected chi connectivity index (χ4v) is 1.40. The van der Waals surface area contributed by atoms with E-state index >= 15 is 0 Å². The van der Waals surface area contributed by atoms with Crippen LogP contribution in [0.2, 0.25) is 0 Å². The maximum absolute atomic E-state index is 6.02. The van der Waals surface area contributed by atoms with Gasteiger partial charge >= 0.3 is 0 Å². The van der Waals surface area contributed by atoms with Crippen molar-refractivity contribution in [3.8, 4) is 0 Å². The standard InChI is InChI=1S/C12H21Cl/c1-4-6-8-11(3)10-12(13)9-7-5-2/h9-10H,4-8H2,1-3H3/b11-10+,12-9+. The Balaban J connectivity index is 3.89. The SMILES string of the molecule is CCC/C=C(Cl)\C=C(/C)CCCC. The Morgan fingerprint density at radius 3 is 2.46 bits per heavy atom. The summed E-state index contributed by atoms with van der Waals surface area (Å²) in [6, 6.07) is 0. The first-order chi connectivity index (χ1) is 6.20. The van der Waals surface area contributed by atoms with Crippen molar-refractivity contribution in [2.45, 2.75) is 52.9 Å². The minimum Gasteiger partial charge on any atom is -0.0847 e. The molecular weight excluding hydrogens is 180 g/mol. The zero-order chi connectivity index (χ0) is 10.1. The molecule has 0 rings (SSSR count). The molecule has 0 spiro atoms. The van der Waals surface area contributed by atoms with Crippen LogP contribution in [-0.2, 0) is 0 Å².